The molecule has 0 aliphatic rings. The van der Waals surface area contributed by atoms with Crippen LogP contribution in [-0.2, 0) is 0 Å². The quantitative estimate of drug-likeness (QED) is 0.418. The minimum atomic E-state index is -0.692. The fourth-order valence-electron chi connectivity index (χ4n) is 3.97. The summed E-state index contributed by atoms with van der Waals surface area (Å²) in [7, 11) is 7.55. The average molecular weight is 491 g/mol. The second-order valence-electron chi connectivity index (χ2n) is 7.85. The standard InChI is InChI=1S/C27H26N2O7/c1-28(16-6-10-18(33-2)11-7-16)26(31)24-25(30)20-14-22(35-4)23(36-5)15-21(20)29(27(24)32)17-8-12-19(34-3)13-9-17/h6-15,30H,1-5H3. The smallest absolute Gasteiger partial charge is 0.272 e. The van der Waals surface area contributed by atoms with Crippen LogP contribution in [0.2, 0.25) is 0 Å². The van der Waals surface area contributed by atoms with Gasteiger partial charge in [-0.15, -0.1) is 0 Å². The summed E-state index contributed by atoms with van der Waals surface area (Å²) >= 11 is 0. The molecule has 0 aliphatic heterocycles. The number of benzene rings is 3. The molecule has 4 rings (SSSR count). The lowest BCUT2D eigenvalue weighted by Crippen LogP contribution is -2.34. The summed E-state index contributed by atoms with van der Waals surface area (Å²) in [6, 6.07) is 16.7. The van der Waals surface area contributed by atoms with E-state index in [1.54, 1.807) is 68.8 Å². The molecule has 9 nitrogen and oxygen atoms in total. The molecule has 1 N–H and O–H groups in total. The summed E-state index contributed by atoms with van der Waals surface area (Å²) in [5, 5.41) is 11.5. The lowest BCUT2D eigenvalue weighted by molar-refractivity contribution is 0.0989. The monoisotopic (exact) mass is 490 g/mol. The zero-order chi connectivity index (χ0) is 26.0. The number of ether oxygens (including phenoxy) is 4. The van der Waals surface area contributed by atoms with Crippen LogP contribution in [0.25, 0.3) is 16.6 Å². The normalized spacial score (nSPS) is 10.7. The summed E-state index contributed by atoms with van der Waals surface area (Å²) in [6.07, 6.45) is 0. The fraction of sp³-hybridized carbons (Fsp3) is 0.185. The highest BCUT2D eigenvalue weighted by molar-refractivity contribution is 6.10. The number of nitrogens with zero attached hydrogens (tertiary/aromatic N) is 2. The van der Waals surface area contributed by atoms with Gasteiger partial charge in [0.05, 0.1) is 34.0 Å². The van der Waals surface area contributed by atoms with Crippen molar-refractivity contribution in [1.29, 1.82) is 0 Å². The Labute approximate surface area is 207 Å². The zero-order valence-corrected chi connectivity index (χ0v) is 20.6. The van der Waals surface area contributed by atoms with Crippen molar-refractivity contribution in [2.24, 2.45) is 0 Å². The van der Waals surface area contributed by atoms with Gasteiger partial charge in [-0.2, -0.15) is 0 Å². The van der Waals surface area contributed by atoms with E-state index in [9.17, 15) is 14.7 Å². The third kappa shape index (κ3) is 4.15. The molecule has 1 heterocycles. The first-order valence-corrected chi connectivity index (χ1v) is 10.9. The van der Waals surface area contributed by atoms with Crippen molar-refractivity contribution in [3.8, 4) is 34.4 Å². The summed E-state index contributed by atoms with van der Waals surface area (Å²) in [5.41, 5.74) is 0.248. The summed E-state index contributed by atoms with van der Waals surface area (Å²) in [6.45, 7) is 0. The molecule has 0 aliphatic carbocycles. The number of hydrogen-bond donors (Lipinski definition) is 1. The maximum atomic E-state index is 13.8. The first-order chi connectivity index (χ1) is 17.3. The number of anilines is 1. The summed E-state index contributed by atoms with van der Waals surface area (Å²) < 4.78 is 22.6. The van der Waals surface area contributed by atoms with Gasteiger partial charge < -0.3 is 29.0 Å². The second-order valence-corrected chi connectivity index (χ2v) is 7.85. The molecular formula is C27H26N2O7. The van der Waals surface area contributed by atoms with Gasteiger partial charge in [-0.25, -0.2) is 0 Å². The molecule has 9 heteroatoms. The molecule has 0 bridgehead atoms. The topological polar surface area (TPSA) is 99.5 Å². The number of amides is 1. The van der Waals surface area contributed by atoms with E-state index in [2.05, 4.69) is 0 Å². The van der Waals surface area contributed by atoms with Crippen molar-refractivity contribution >= 4 is 22.5 Å². The van der Waals surface area contributed by atoms with Crippen molar-refractivity contribution in [1.82, 2.24) is 4.57 Å². The Kier molecular flexibility index (Phi) is 6.73. The van der Waals surface area contributed by atoms with Crippen molar-refractivity contribution in [3.63, 3.8) is 0 Å². The van der Waals surface area contributed by atoms with E-state index in [0.29, 0.717) is 39.9 Å². The van der Waals surface area contributed by atoms with Crippen molar-refractivity contribution in [3.05, 3.63) is 76.6 Å². The van der Waals surface area contributed by atoms with E-state index in [4.69, 9.17) is 18.9 Å². The van der Waals surface area contributed by atoms with E-state index in [1.165, 1.54) is 36.8 Å². The Balaban J connectivity index is 1.99. The number of aromatic hydroxyl groups is 1. The lowest BCUT2D eigenvalue weighted by atomic mass is 10.1. The molecule has 1 amide bonds. The number of hydrogen-bond acceptors (Lipinski definition) is 7. The number of rotatable bonds is 7. The molecule has 3 aromatic carbocycles. The van der Waals surface area contributed by atoms with Crippen LogP contribution in [0.3, 0.4) is 0 Å². The number of methoxy groups -OCH3 is 4. The molecule has 0 saturated heterocycles. The lowest BCUT2D eigenvalue weighted by Gasteiger charge is -2.21. The highest BCUT2D eigenvalue weighted by Crippen LogP contribution is 2.38. The van der Waals surface area contributed by atoms with Gasteiger partial charge in [0.2, 0.25) is 0 Å². The second kappa shape index (κ2) is 9.91. The molecule has 36 heavy (non-hydrogen) atoms. The van der Waals surface area contributed by atoms with Gasteiger partial charge in [0, 0.05) is 29.9 Å². The van der Waals surface area contributed by atoms with Gasteiger partial charge in [-0.3, -0.25) is 14.2 Å². The van der Waals surface area contributed by atoms with Crippen LogP contribution in [0.5, 0.6) is 28.7 Å². The van der Waals surface area contributed by atoms with Gasteiger partial charge in [0.25, 0.3) is 11.5 Å². The van der Waals surface area contributed by atoms with Crippen LogP contribution in [0, 0.1) is 0 Å². The average Bonchev–Trinajstić information content (AvgIpc) is 2.92. The first-order valence-electron chi connectivity index (χ1n) is 10.9. The van der Waals surface area contributed by atoms with Crippen LogP contribution in [-0.4, -0.2) is 51.1 Å². The van der Waals surface area contributed by atoms with E-state index in [0.717, 1.165) is 0 Å². The molecule has 0 saturated carbocycles. The fourth-order valence-corrected chi connectivity index (χ4v) is 3.97. The SMILES string of the molecule is COc1ccc(N(C)C(=O)c2c(O)c3cc(OC)c(OC)cc3n(-c3ccc(OC)cc3)c2=O)cc1. The highest BCUT2D eigenvalue weighted by Gasteiger charge is 2.27. The summed E-state index contributed by atoms with van der Waals surface area (Å²) in [5.74, 6) is 0.788. The maximum Gasteiger partial charge on any atom is 0.272 e. The third-order valence-corrected chi connectivity index (χ3v) is 5.96. The van der Waals surface area contributed by atoms with E-state index in [-0.39, 0.29) is 10.9 Å². The van der Waals surface area contributed by atoms with Gasteiger partial charge in [-0.05, 0) is 54.6 Å². The minimum absolute atomic E-state index is 0.245. The molecule has 0 spiro atoms. The Morgan fingerprint density at radius 1 is 0.806 bits per heavy atom. The van der Waals surface area contributed by atoms with E-state index >= 15 is 0 Å². The third-order valence-electron chi connectivity index (χ3n) is 5.96. The van der Waals surface area contributed by atoms with Crippen molar-refractivity contribution in [2.45, 2.75) is 0 Å². The molecule has 1 aromatic heterocycles. The maximum absolute atomic E-state index is 13.8. The van der Waals surface area contributed by atoms with Crippen LogP contribution in [0.1, 0.15) is 10.4 Å². The number of carbonyl (C=O) groups excluding carboxylic acids is 1. The molecular weight excluding hydrogens is 464 g/mol. The highest BCUT2D eigenvalue weighted by atomic mass is 16.5. The van der Waals surface area contributed by atoms with Gasteiger partial charge in [0.15, 0.2) is 11.5 Å². The van der Waals surface area contributed by atoms with Crippen LogP contribution in [0.4, 0.5) is 5.69 Å². The van der Waals surface area contributed by atoms with E-state index < -0.39 is 17.2 Å². The molecule has 4 aromatic rings. The Bertz CT molecular complexity index is 1480. The van der Waals surface area contributed by atoms with Crippen molar-refractivity contribution in [2.75, 3.05) is 40.4 Å². The first kappa shape index (κ1) is 24.5. The molecule has 0 atom stereocenters. The molecule has 0 unspecified atom stereocenters. The van der Waals surface area contributed by atoms with Gasteiger partial charge in [-0.1, -0.05) is 0 Å². The Morgan fingerprint density at radius 3 is 1.86 bits per heavy atom. The van der Waals surface area contributed by atoms with Gasteiger partial charge >= 0.3 is 0 Å². The van der Waals surface area contributed by atoms with Gasteiger partial charge in [0.1, 0.15) is 22.8 Å². The molecule has 0 fully saturated rings. The Morgan fingerprint density at radius 2 is 1.33 bits per heavy atom. The van der Waals surface area contributed by atoms with Crippen molar-refractivity contribution < 1.29 is 28.8 Å². The molecule has 186 valence electrons. The predicted molar refractivity (Wildman–Crippen MR) is 137 cm³/mol. The minimum Gasteiger partial charge on any atom is -0.506 e. The summed E-state index contributed by atoms with van der Waals surface area (Å²) in [4.78, 5) is 28.7. The number of pyridine rings is 1. The predicted octanol–water partition coefficient (Wildman–Crippen LogP) is 4.01. The largest absolute Gasteiger partial charge is 0.506 e. The molecule has 0 radical (unpaired) electrons. The van der Waals surface area contributed by atoms with Crippen LogP contribution < -0.4 is 29.4 Å². The zero-order valence-electron chi connectivity index (χ0n) is 20.6. The number of aromatic nitrogens is 1. The van der Waals surface area contributed by atoms with Crippen LogP contribution in [0.15, 0.2) is 65.5 Å². The van der Waals surface area contributed by atoms with E-state index in [1.807, 2.05) is 0 Å². The number of carbonyl (C=O) groups is 1. The number of fused-ring (bicyclic) bond motifs is 1. The Hall–Kier alpha value is -4.66. The van der Waals surface area contributed by atoms with Crippen LogP contribution >= 0.6 is 0 Å².